The van der Waals surface area contributed by atoms with Gasteiger partial charge in [0.15, 0.2) is 5.41 Å². The lowest BCUT2D eigenvalue weighted by Gasteiger charge is -2.37. The van der Waals surface area contributed by atoms with E-state index in [4.69, 9.17) is 9.26 Å². The number of piperidine rings is 1. The van der Waals surface area contributed by atoms with Crippen LogP contribution in [0, 0.1) is 11.2 Å². The molecule has 1 N–H and O–H groups in total. The first-order valence-corrected chi connectivity index (χ1v) is 12.8. The van der Waals surface area contributed by atoms with E-state index in [0.717, 1.165) is 16.7 Å². The zero-order valence-electron chi connectivity index (χ0n) is 21.5. The fourth-order valence-corrected chi connectivity index (χ4v) is 4.84. The van der Waals surface area contributed by atoms with E-state index in [9.17, 15) is 19.1 Å². The normalized spacial score (nSPS) is 15.1. The molecule has 200 valence electrons. The van der Waals surface area contributed by atoms with Crippen LogP contribution in [0.25, 0.3) is 34.0 Å². The van der Waals surface area contributed by atoms with E-state index >= 15 is 0 Å². The van der Waals surface area contributed by atoms with Gasteiger partial charge in [-0.1, -0.05) is 65.8 Å². The van der Waals surface area contributed by atoms with Crippen LogP contribution in [0.4, 0.5) is 4.39 Å². The van der Waals surface area contributed by atoms with Crippen molar-refractivity contribution in [2.45, 2.75) is 26.3 Å². The number of benzene rings is 3. The van der Waals surface area contributed by atoms with E-state index < -0.39 is 17.4 Å². The van der Waals surface area contributed by atoms with Crippen molar-refractivity contribution in [3.05, 3.63) is 84.2 Å². The first-order valence-electron chi connectivity index (χ1n) is 12.8. The van der Waals surface area contributed by atoms with Crippen LogP contribution in [0.2, 0.25) is 0 Å². The van der Waals surface area contributed by atoms with Gasteiger partial charge in [-0.25, -0.2) is 4.39 Å². The molecule has 1 aromatic heterocycles. The Hall–Kier alpha value is -4.37. The number of ether oxygens (including phenoxy) is 1. The standard InChI is InChI=1S/C30H28FN3O5/c1-2-38-29(37)30(28(35)36)14-16-34(17-15-30)19-20-8-10-22(11-9-20)26-32-27(39-33-26)23-12-13-24(25(31)18-23)21-6-4-3-5-7-21/h3-13,18H,2,14-17,19H2,1H3,(H,35,36). The molecule has 9 heteroatoms. The molecule has 1 saturated heterocycles. The second-order valence-electron chi connectivity index (χ2n) is 9.56. The average molecular weight is 530 g/mol. The van der Waals surface area contributed by atoms with Gasteiger partial charge in [-0.05, 0) is 43.0 Å². The number of rotatable bonds is 8. The van der Waals surface area contributed by atoms with Crippen LogP contribution in [0.15, 0.2) is 77.3 Å². The summed E-state index contributed by atoms with van der Waals surface area (Å²) in [5.41, 5.74) is 2.08. The molecule has 0 bridgehead atoms. The van der Waals surface area contributed by atoms with Gasteiger partial charge in [-0.15, -0.1) is 0 Å². The van der Waals surface area contributed by atoms with Crippen LogP contribution in [-0.4, -0.2) is 51.8 Å². The Balaban J connectivity index is 1.23. The predicted molar refractivity (Wildman–Crippen MR) is 142 cm³/mol. The predicted octanol–water partition coefficient (Wildman–Crippen LogP) is 5.44. The van der Waals surface area contributed by atoms with E-state index in [2.05, 4.69) is 15.0 Å². The fourth-order valence-electron chi connectivity index (χ4n) is 4.84. The quantitative estimate of drug-likeness (QED) is 0.238. The first-order chi connectivity index (χ1) is 18.9. The molecule has 8 nitrogen and oxygen atoms in total. The molecule has 0 spiro atoms. The molecule has 0 saturated carbocycles. The number of hydrogen-bond acceptors (Lipinski definition) is 7. The molecule has 2 heterocycles. The molecular weight excluding hydrogens is 501 g/mol. The second-order valence-corrected chi connectivity index (χ2v) is 9.56. The summed E-state index contributed by atoms with van der Waals surface area (Å²) in [5.74, 6) is -1.54. The highest BCUT2D eigenvalue weighted by Gasteiger charge is 2.49. The molecule has 39 heavy (non-hydrogen) atoms. The Bertz CT molecular complexity index is 1460. The van der Waals surface area contributed by atoms with Crippen LogP contribution >= 0.6 is 0 Å². The minimum absolute atomic E-state index is 0.156. The zero-order valence-corrected chi connectivity index (χ0v) is 21.5. The zero-order chi connectivity index (χ0) is 27.4. The summed E-state index contributed by atoms with van der Waals surface area (Å²) < 4.78 is 25.2. The van der Waals surface area contributed by atoms with Gasteiger partial charge < -0.3 is 14.4 Å². The van der Waals surface area contributed by atoms with E-state index in [1.807, 2.05) is 54.6 Å². The van der Waals surface area contributed by atoms with E-state index in [1.165, 1.54) is 6.07 Å². The Labute approximate surface area is 225 Å². The van der Waals surface area contributed by atoms with E-state index in [1.54, 1.807) is 19.1 Å². The largest absolute Gasteiger partial charge is 0.480 e. The van der Waals surface area contributed by atoms with Gasteiger partial charge in [0.25, 0.3) is 5.89 Å². The number of halogens is 1. The van der Waals surface area contributed by atoms with Crippen molar-refractivity contribution >= 4 is 11.9 Å². The number of carbonyl (C=O) groups is 2. The smallest absolute Gasteiger partial charge is 0.323 e. The number of aliphatic carboxylic acids is 1. The molecule has 0 unspecified atom stereocenters. The number of esters is 1. The van der Waals surface area contributed by atoms with Gasteiger partial charge in [-0.2, -0.15) is 4.98 Å². The van der Waals surface area contributed by atoms with Gasteiger partial charge in [0.1, 0.15) is 5.82 Å². The van der Waals surface area contributed by atoms with Gasteiger partial charge in [-0.3, -0.25) is 14.5 Å². The Kier molecular flexibility index (Phi) is 7.51. The molecule has 3 aromatic carbocycles. The summed E-state index contributed by atoms with van der Waals surface area (Å²) in [6, 6.07) is 21.8. The third-order valence-corrected chi connectivity index (χ3v) is 7.13. The molecule has 1 aliphatic rings. The summed E-state index contributed by atoms with van der Waals surface area (Å²) in [7, 11) is 0. The van der Waals surface area contributed by atoms with Gasteiger partial charge in [0.05, 0.1) is 6.61 Å². The highest BCUT2D eigenvalue weighted by Crippen LogP contribution is 2.34. The molecule has 1 fully saturated rings. The van der Waals surface area contributed by atoms with Gasteiger partial charge in [0.2, 0.25) is 5.82 Å². The minimum atomic E-state index is -1.47. The third kappa shape index (κ3) is 5.44. The van der Waals surface area contributed by atoms with E-state index in [0.29, 0.717) is 36.6 Å². The maximum absolute atomic E-state index is 14.8. The lowest BCUT2D eigenvalue weighted by atomic mass is 9.78. The Morgan fingerprint density at radius 2 is 1.69 bits per heavy atom. The lowest BCUT2D eigenvalue weighted by Crippen LogP contribution is -2.49. The van der Waals surface area contributed by atoms with Crippen LogP contribution in [0.1, 0.15) is 25.3 Å². The number of nitrogens with zero attached hydrogens (tertiary/aromatic N) is 3. The van der Waals surface area contributed by atoms with Crippen LogP contribution in [0.5, 0.6) is 0 Å². The summed E-state index contributed by atoms with van der Waals surface area (Å²) in [4.78, 5) is 30.7. The number of carboxylic acids is 1. The molecule has 0 radical (unpaired) electrons. The van der Waals surface area contributed by atoms with Crippen molar-refractivity contribution in [1.82, 2.24) is 15.0 Å². The van der Waals surface area contributed by atoms with Gasteiger partial charge in [0, 0.05) is 36.3 Å². The Morgan fingerprint density at radius 1 is 1.00 bits per heavy atom. The molecule has 0 amide bonds. The van der Waals surface area contributed by atoms with Crippen molar-refractivity contribution < 1.29 is 28.3 Å². The molecule has 4 aromatic rings. The molecule has 0 atom stereocenters. The van der Waals surface area contributed by atoms with Crippen molar-refractivity contribution in [2.24, 2.45) is 5.41 Å². The summed E-state index contributed by atoms with van der Waals surface area (Å²) in [6.45, 7) is 3.39. The van der Waals surface area contributed by atoms with Crippen molar-refractivity contribution in [3.8, 4) is 34.0 Å². The third-order valence-electron chi connectivity index (χ3n) is 7.13. The lowest BCUT2D eigenvalue weighted by molar-refractivity contribution is -0.172. The summed E-state index contributed by atoms with van der Waals surface area (Å²) in [5, 5.41) is 13.8. The molecule has 5 rings (SSSR count). The summed E-state index contributed by atoms with van der Waals surface area (Å²) >= 11 is 0. The topological polar surface area (TPSA) is 106 Å². The number of aromatic nitrogens is 2. The summed E-state index contributed by atoms with van der Waals surface area (Å²) in [6.07, 6.45) is 0.412. The van der Waals surface area contributed by atoms with Crippen LogP contribution < -0.4 is 0 Å². The molecule has 0 aliphatic carbocycles. The SMILES string of the molecule is CCOC(=O)C1(C(=O)O)CCN(Cc2ccc(-c3noc(-c4ccc(-c5ccccc5)c(F)c4)n3)cc2)CC1. The molecule has 1 aliphatic heterocycles. The number of carbonyl (C=O) groups excluding carboxylic acids is 1. The maximum atomic E-state index is 14.8. The van der Waals surface area contributed by atoms with Crippen molar-refractivity contribution in [3.63, 3.8) is 0 Å². The van der Waals surface area contributed by atoms with Crippen molar-refractivity contribution in [1.29, 1.82) is 0 Å². The van der Waals surface area contributed by atoms with Crippen molar-refractivity contribution in [2.75, 3.05) is 19.7 Å². The van der Waals surface area contributed by atoms with Crippen LogP contribution in [0.3, 0.4) is 0 Å². The Morgan fingerprint density at radius 3 is 2.33 bits per heavy atom. The maximum Gasteiger partial charge on any atom is 0.323 e. The number of carboxylic acid groups (broad SMARTS) is 1. The number of likely N-dealkylation sites (tertiary alicyclic amines) is 1. The highest BCUT2D eigenvalue weighted by molar-refractivity contribution is 5.99. The monoisotopic (exact) mass is 529 g/mol. The second kappa shape index (κ2) is 11.2. The first kappa shape index (κ1) is 26.2. The average Bonchev–Trinajstić information content (AvgIpc) is 3.45. The minimum Gasteiger partial charge on any atom is -0.480 e. The number of hydrogen-bond donors (Lipinski definition) is 1. The van der Waals surface area contributed by atoms with Crippen LogP contribution in [-0.2, 0) is 20.9 Å². The highest BCUT2D eigenvalue weighted by atomic mass is 19.1. The van der Waals surface area contributed by atoms with Gasteiger partial charge >= 0.3 is 11.9 Å². The van der Waals surface area contributed by atoms with E-state index in [-0.39, 0.29) is 31.2 Å². The fraction of sp³-hybridized carbons (Fsp3) is 0.267. The molecular formula is C30H28FN3O5.